The summed E-state index contributed by atoms with van der Waals surface area (Å²) in [4.78, 5) is 53.3. The van der Waals surface area contributed by atoms with E-state index in [1.54, 1.807) is 16.8 Å². The number of aryl methyl sites for hydroxylation is 1. The number of carbonyl (C=O) groups is 3. The molecule has 6 rings (SSSR count). The molecule has 0 saturated carbocycles. The van der Waals surface area contributed by atoms with E-state index in [0.717, 1.165) is 45.2 Å². The third-order valence-electron chi connectivity index (χ3n) is 7.03. The predicted octanol–water partition coefficient (Wildman–Crippen LogP) is 1.17. The van der Waals surface area contributed by atoms with Crippen LogP contribution in [-0.4, -0.2) is 101 Å². The number of β-lactam (4-membered cyclic amide) rings is 1. The highest BCUT2D eigenvalue weighted by molar-refractivity contribution is 8.01. The smallest absolute Gasteiger partial charge is 0.352 e. The topological polar surface area (TPSA) is 252 Å². The predicted molar refractivity (Wildman–Crippen MR) is 174 cm³/mol. The van der Waals surface area contributed by atoms with Gasteiger partial charge in [-0.25, -0.2) is 27.7 Å². The molecule has 0 unspecified atom stereocenters. The van der Waals surface area contributed by atoms with Crippen molar-refractivity contribution in [3.8, 4) is 11.5 Å². The number of nitrogen functional groups attached to an aromatic ring is 1. The summed E-state index contributed by atoms with van der Waals surface area (Å²) in [6.45, 7) is 1.84. The van der Waals surface area contributed by atoms with Gasteiger partial charge in [0.2, 0.25) is 15.8 Å². The Morgan fingerprint density at radius 1 is 1.21 bits per heavy atom. The van der Waals surface area contributed by atoms with Gasteiger partial charge in [-0.3, -0.25) is 14.5 Å². The number of phenols is 2. The molecule has 0 aliphatic carbocycles. The first-order valence-electron chi connectivity index (χ1n) is 13.6. The van der Waals surface area contributed by atoms with Crippen molar-refractivity contribution in [2.75, 3.05) is 23.2 Å². The molecule has 0 bridgehead atoms. The molecule has 0 spiro atoms. The van der Waals surface area contributed by atoms with E-state index >= 15 is 0 Å². The maximum Gasteiger partial charge on any atom is 0.352 e. The number of aliphatic carboxylic acids is 1. The number of aromatic nitrogens is 4. The van der Waals surface area contributed by atoms with Crippen LogP contribution >= 0.6 is 34.9 Å². The summed E-state index contributed by atoms with van der Waals surface area (Å²) in [5, 5.41) is 41.2. The van der Waals surface area contributed by atoms with Crippen molar-refractivity contribution >= 4 is 79.0 Å². The molecule has 3 aromatic heterocycles. The maximum absolute atomic E-state index is 13.4. The van der Waals surface area contributed by atoms with Crippen molar-refractivity contribution in [1.29, 1.82) is 0 Å². The Morgan fingerprint density at radius 3 is 2.71 bits per heavy atom. The molecule has 2 aliphatic heterocycles. The summed E-state index contributed by atoms with van der Waals surface area (Å²) in [7, 11) is -4.20. The molecule has 2 atom stereocenters. The van der Waals surface area contributed by atoms with Crippen molar-refractivity contribution in [2.45, 2.75) is 28.3 Å². The molecule has 1 saturated heterocycles. The molecule has 5 heterocycles. The van der Waals surface area contributed by atoms with Gasteiger partial charge in [-0.05, 0) is 30.7 Å². The first-order chi connectivity index (χ1) is 22.8. The molecule has 0 radical (unpaired) electrons. The largest absolute Gasteiger partial charge is 0.504 e. The first kappa shape index (κ1) is 33.1. The van der Waals surface area contributed by atoms with E-state index in [-0.39, 0.29) is 32.9 Å². The van der Waals surface area contributed by atoms with Crippen molar-refractivity contribution in [3.63, 3.8) is 0 Å². The number of carbonyl (C=O) groups excluding carboxylic acids is 2. The van der Waals surface area contributed by atoms with Crippen LogP contribution in [0.4, 0.5) is 5.13 Å². The lowest BCUT2D eigenvalue weighted by molar-refractivity contribution is -0.150. The molecular weight excluding hydrogens is 709 g/mol. The zero-order chi connectivity index (χ0) is 34.3. The van der Waals surface area contributed by atoms with Crippen molar-refractivity contribution < 1.29 is 43.0 Å². The molecule has 2 amide bonds. The number of anilines is 1. The van der Waals surface area contributed by atoms with E-state index in [9.17, 15) is 38.1 Å². The van der Waals surface area contributed by atoms with Crippen LogP contribution in [0.2, 0.25) is 0 Å². The lowest BCUT2D eigenvalue weighted by Gasteiger charge is -2.49. The second kappa shape index (κ2) is 13.0. The quantitative estimate of drug-likeness (QED) is 0.0362. The van der Waals surface area contributed by atoms with Gasteiger partial charge < -0.3 is 31.2 Å². The number of nitrogens with one attached hydrogen (secondary N) is 1. The number of thioether (sulfide) groups is 2. The van der Waals surface area contributed by atoms with E-state index in [1.807, 2.05) is 13.0 Å². The number of carboxylic acid groups (broad SMARTS) is 1. The third-order valence-corrected chi connectivity index (χ3v) is 11.5. The summed E-state index contributed by atoms with van der Waals surface area (Å²) < 4.78 is 27.0. The molecule has 48 heavy (non-hydrogen) atoms. The van der Waals surface area contributed by atoms with Crippen LogP contribution < -0.4 is 11.1 Å². The third kappa shape index (κ3) is 6.35. The first-order valence-corrected chi connectivity index (χ1v) is 18.2. The van der Waals surface area contributed by atoms with Crippen molar-refractivity contribution in [1.82, 2.24) is 29.8 Å². The summed E-state index contributed by atoms with van der Waals surface area (Å²) in [5.74, 6) is -4.62. The summed E-state index contributed by atoms with van der Waals surface area (Å²) in [5.41, 5.74) is 6.93. The molecule has 17 nitrogen and oxygen atoms in total. The molecule has 21 heteroatoms. The van der Waals surface area contributed by atoms with Gasteiger partial charge in [-0.1, -0.05) is 5.16 Å². The van der Waals surface area contributed by atoms with Crippen LogP contribution in [-0.2, 0) is 29.1 Å². The number of benzene rings is 1. The van der Waals surface area contributed by atoms with E-state index in [1.165, 1.54) is 28.9 Å². The number of nitrogens with zero attached hydrogens (tertiary/aromatic N) is 6. The number of hydrogen-bond donors (Lipinski definition) is 5. The zero-order valence-electron chi connectivity index (χ0n) is 24.5. The highest BCUT2D eigenvalue weighted by Gasteiger charge is 2.54. The van der Waals surface area contributed by atoms with Crippen LogP contribution in [0.1, 0.15) is 11.4 Å². The minimum Gasteiger partial charge on any atom is -0.504 e. The Balaban J connectivity index is 1.17. The van der Waals surface area contributed by atoms with Gasteiger partial charge in [0.1, 0.15) is 27.8 Å². The zero-order valence-corrected chi connectivity index (χ0v) is 27.8. The SMILES string of the molecule is Cc1cc(SCC2=C(C(=O)O)N3C(=O)[C@@H](NC(=O)/C(=N\OCS(=O)(=O)c4ccc(O)c(O)c4)c4csc(N)n4)[C@H]3SC2)n2nccc2n1. The second-order valence-electron chi connectivity index (χ2n) is 10.3. The van der Waals surface area contributed by atoms with Gasteiger partial charge in [0.25, 0.3) is 11.8 Å². The monoisotopic (exact) mass is 732 g/mol. The lowest BCUT2D eigenvalue weighted by atomic mass is 10.0. The molecule has 1 fully saturated rings. The molecule has 6 N–H and O–H groups in total. The van der Waals surface area contributed by atoms with Gasteiger partial charge in [-0.2, -0.15) is 5.10 Å². The number of oxime groups is 1. The summed E-state index contributed by atoms with van der Waals surface area (Å²) in [6, 6.07) is 5.30. The Bertz CT molecular complexity index is 2150. The average molecular weight is 733 g/mol. The molecule has 250 valence electrons. The van der Waals surface area contributed by atoms with Crippen LogP contribution in [0.3, 0.4) is 0 Å². The number of amides is 2. The van der Waals surface area contributed by atoms with Gasteiger partial charge in [-0.15, -0.1) is 34.9 Å². The fourth-order valence-corrected chi connectivity index (χ4v) is 8.79. The van der Waals surface area contributed by atoms with Gasteiger partial charge in [0.15, 0.2) is 28.0 Å². The highest BCUT2D eigenvalue weighted by Crippen LogP contribution is 2.41. The molecule has 2 aliphatic rings. The second-order valence-corrected chi connectivity index (χ2v) is 15.2. The summed E-state index contributed by atoms with van der Waals surface area (Å²) >= 11 is 3.60. The minimum absolute atomic E-state index is 0.0577. The average Bonchev–Trinajstić information content (AvgIpc) is 3.70. The number of fused-ring (bicyclic) bond motifs is 2. The van der Waals surface area contributed by atoms with E-state index in [2.05, 4.69) is 25.5 Å². The molecule has 1 aromatic carbocycles. The number of aromatic hydroxyl groups is 2. The Kier molecular flexibility index (Phi) is 8.94. The Labute approximate surface area is 283 Å². The Morgan fingerprint density at radius 2 is 2.00 bits per heavy atom. The van der Waals surface area contributed by atoms with Crippen molar-refractivity contribution in [3.05, 3.63) is 64.6 Å². The van der Waals surface area contributed by atoms with Crippen LogP contribution in [0.25, 0.3) is 5.65 Å². The fraction of sp³-hybridized carbons (Fsp3) is 0.222. The normalized spacial score (nSPS) is 18.1. The van der Waals surface area contributed by atoms with Gasteiger partial charge >= 0.3 is 5.97 Å². The number of hydrogen-bond acceptors (Lipinski definition) is 16. The number of nitrogens with two attached hydrogens (primary N) is 1. The standard InChI is InChI=1S/C27H24N8O9S4/c1-12-6-19(35-18(30-12)4-5-29-35)45-8-13-9-46-25-21(24(39)34(25)22(13)26(40)41)32-23(38)20(15-10-47-27(28)31-15)33-44-11-48(42,43)14-2-3-16(36)17(37)7-14/h2-7,10,21,25,36-37H,8-9,11H2,1H3,(H2,28,31)(H,32,38)(H,40,41)/b33-20-/t21-,25-/m1/s1. The minimum atomic E-state index is -4.20. The van der Waals surface area contributed by atoms with E-state index < -0.39 is 62.2 Å². The van der Waals surface area contributed by atoms with Crippen LogP contribution in [0.5, 0.6) is 11.5 Å². The number of carboxylic acids is 1. The summed E-state index contributed by atoms with van der Waals surface area (Å²) in [6.07, 6.45) is 1.61. The molecule has 4 aromatic rings. The number of rotatable bonds is 11. The lowest BCUT2D eigenvalue weighted by Crippen LogP contribution is -2.71. The maximum atomic E-state index is 13.4. The number of thiazole rings is 1. The van der Waals surface area contributed by atoms with Gasteiger partial charge in [0.05, 0.1) is 11.1 Å². The van der Waals surface area contributed by atoms with Crippen molar-refractivity contribution in [2.24, 2.45) is 5.16 Å². The number of phenolic OH excluding ortho intramolecular Hbond substituents is 2. The van der Waals surface area contributed by atoms with Crippen LogP contribution in [0.15, 0.2) is 68.3 Å². The van der Waals surface area contributed by atoms with E-state index in [0.29, 0.717) is 11.2 Å². The van der Waals surface area contributed by atoms with E-state index in [4.69, 9.17) is 10.6 Å². The Hall–Kier alpha value is -4.86. The highest BCUT2D eigenvalue weighted by atomic mass is 32.2. The van der Waals surface area contributed by atoms with Gasteiger partial charge in [0, 0.05) is 34.7 Å². The molecular formula is C27H24N8O9S4. The number of sulfone groups is 1. The fourth-order valence-electron chi connectivity index (χ4n) is 4.80. The van der Waals surface area contributed by atoms with Crippen LogP contribution in [0, 0.1) is 6.92 Å².